The zero-order chi connectivity index (χ0) is 19.8. The minimum atomic E-state index is -0.513. The van der Waals surface area contributed by atoms with E-state index in [1.807, 2.05) is 13.0 Å². The van der Waals surface area contributed by atoms with Crippen molar-refractivity contribution in [1.29, 1.82) is 5.26 Å². The van der Waals surface area contributed by atoms with Gasteiger partial charge in [-0.2, -0.15) is 5.26 Å². The second-order valence-corrected chi connectivity index (χ2v) is 6.47. The van der Waals surface area contributed by atoms with Gasteiger partial charge in [-0.05, 0) is 42.0 Å². The monoisotopic (exact) mass is 389 g/mol. The third-order valence-electron chi connectivity index (χ3n) is 3.53. The van der Waals surface area contributed by atoms with E-state index in [0.717, 1.165) is 23.1 Å². The van der Waals surface area contributed by atoms with Crippen LogP contribution in [0.3, 0.4) is 0 Å². The molecule has 0 saturated carbocycles. The number of imide groups is 1. The molecule has 27 heavy (non-hydrogen) atoms. The van der Waals surface area contributed by atoms with Gasteiger partial charge in [-0.25, -0.2) is 0 Å². The SMILES string of the molecule is CCCNC(=O)CN1C(=O)S/C(=C\c2ccc(OCC#N)c(OC)c2)C1=O. The highest BCUT2D eigenvalue weighted by Gasteiger charge is 2.36. The van der Waals surface area contributed by atoms with Crippen LogP contribution in [-0.2, 0) is 9.59 Å². The molecule has 1 aromatic carbocycles. The number of benzene rings is 1. The molecule has 1 saturated heterocycles. The summed E-state index contributed by atoms with van der Waals surface area (Å²) in [5.74, 6) is -0.0874. The van der Waals surface area contributed by atoms with Gasteiger partial charge in [-0.15, -0.1) is 0 Å². The van der Waals surface area contributed by atoms with Crippen LogP contribution in [0, 0.1) is 11.3 Å². The summed E-state index contributed by atoms with van der Waals surface area (Å²) in [6.07, 6.45) is 2.31. The topological polar surface area (TPSA) is 109 Å². The first kappa shape index (κ1) is 20.3. The summed E-state index contributed by atoms with van der Waals surface area (Å²) in [7, 11) is 1.46. The summed E-state index contributed by atoms with van der Waals surface area (Å²) in [6, 6.07) is 6.80. The Labute approximate surface area is 161 Å². The van der Waals surface area contributed by atoms with Crippen molar-refractivity contribution in [2.45, 2.75) is 13.3 Å². The number of nitrogens with one attached hydrogen (secondary N) is 1. The molecule has 3 amide bonds. The molecule has 0 atom stereocenters. The number of nitrogens with zero attached hydrogens (tertiary/aromatic N) is 2. The Morgan fingerprint density at radius 1 is 1.37 bits per heavy atom. The van der Waals surface area contributed by atoms with Gasteiger partial charge in [-0.1, -0.05) is 13.0 Å². The first-order valence-electron chi connectivity index (χ1n) is 8.20. The number of hydrogen-bond acceptors (Lipinski definition) is 7. The molecule has 0 unspecified atom stereocenters. The Kier molecular flexibility index (Phi) is 7.25. The summed E-state index contributed by atoms with van der Waals surface area (Å²) in [4.78, 5) is 37.4. The van der Waals surface area contributed by atoms with E-state index in [1.54, 1.807) is 24.3 Å². The molecule has 0 radical (unpaired) electrons. The molecular weight excluding hydrogens is 370 g/mol. The van der Waals surface area contributed by atoms with Gasteiger partial charge < -0.3 is 14.8 Å². The van der Waals surface area contributed by atoms with Gasteiger partial charge >= 0.3 is 0 Å². The molecule has 1 aromatic rings. The van der Waals surface area contributed by atoms with Crippen LogP contribution >= 0.6 is 11.8 Å². The van der Waals surface area contributed by atoms with Crippen LogP contribution in [0.5, 0.6) is 11.5 Å². The predicted octanol–water partition coefficient (Wildman–Crippen LogP) is 2.16. The van der Waals surface area contributed by atoms with E-state index in [9.17, 15) is 14.4 Å². The van der Waals surface area contributed by atoms with Crippen LogP contribution in [0.4, 0.5) is 4.79 Å². The molecule has 1 fully saturated rings. The second kappa shape index (κ2) is 9.64. The third kappa shape index (κ3) is 5.24. The normalized spacial score (nSPS) is 15.0. The van der Waals surface area contributed by atoms with E-state index < -0.39 is 11.1 Å². The maximum absolute atomic E-state index is 12.4. The van der Waals surface area contributed by atoms with Crippen LogP contribution in [0.1, 0.15) is 18.9 Å². The third-order valence-corrected chi connectivity index (χ3v) is 4.43. The molecular formula is C18H19N3O5S. The lowest BCUT2D eigenvalue weighted by molar-refractivity contribution is -0.129. The van der Waals surface area contributed by atoms with Crippen molar-refractivity contribution in [3.05, 3.63) is 28.7 Å². The molecule has 1 aliphatic rings. The minimum absolute atomic E-state index is 0.116. The fourth-order valence-corrected chi connectivity index (χ4v) is 3.09. The first-order chi connectivity index (χ1) is 13.0. The number of carbonyl (C=O) groups is 3. The summed E-state index contributed by atoms with van der Waals surface area (Å²) < 4.78 is 10.5. The highest BCUT2D eigenvalue weighted by molar-refractivity contribution is 8.18. The highest BCUT2D eigenvalue weighted by Crippen LogP contribution is 2.34. The molecule has 0 aliphatic carbocycles. The van der Waals surface area contributed by atoms with Crippen LogP contribution in [0.15, 0.2) is 23.1 Å². The highest BCUT2D eigenvalue weighted by atomic mass is 32.2. The second-order valence-electron chi connectivity index (χ2n) is 5.47. The van der Waals surface area contributed by atoms with Crippen molar-refractivity contribution in [3.63, 3.8) is 0 Å². The fourth-order valence-electron chi connectivity index (χ4n) is 2.25. The number of ether oxygens (including phenoxy) is 2. The Morgan fingerprint density at radius 3 is 2.81 bits per heavy atom. The minimum Gasteiger partial charge on any atom is -0.493 e. The molecule has 0 bridgehead atoms. The molecule has 142 valence electrons. The Morgan fingerprint density at radius 2 is 2.15 bits per heavy atom. The zero-order valence-corrected chi connectivity index (χ0v) is 15.8. The number of methoxy groups -OCH3 is 1. The van der Waals surface area contributed by atoms with Crippen molar-refractivity contribution in [2.75, 3.05) is 26.8 Å². The maximum Gasteiger partial charge on any atom is 0.294 e. The average Bonchev–Trinajstić information content (AvgIpc) is 2.92. The van der Waals surface area contributed by atoms with E-state index in [4.69, 9.17) is 14.7 Å². The lowest BCUT2D eigenvalue weighted by atomic mass is 10.2. The Bertz CT molecular complexity index is 816. The Balaban J connectivity index is 2.15. The smallest absolute Gasteiger partial charge is 0.294 e. The predicted molar refractivity (Wildman–Crippen MR) is 100 cm³/mol. The van der Waals surface area contributed by atoms with Crippen LogP contribution in [-0.4, -0.2) is 48.8 Å². The van der Waals surface area contributed by atoms with Gasteiger partial charge in [0.1, 0.15) is 12.6 Å². The quantitative estimate of drug-likeness (QED) is 0.679. The van der Waals surface area contributed by atoms with Gasteiger partial charge in [0.2, 0.25) is 5.91 Å². The van der Waals surface area contributed by atoms with Crippen molar-refractivity contribution >= 4 is 34.9 Å². The van der Waals surface area contributed by atoms with Gasteiger partial charge in [-0.3, -0.25) is 19.3 Å². The molecule has 0 aromatic heterocycles. The molecule has 8 nitrogen and oxygen atoms in total. The summed E-state index contributed by atoms with van der Waals surface area (Å²) >= 11 is 0.777. The van der Waals surface area contributed by atoms with Crippen molar-refractivity contribution in [2.24, 2.45) is 0 Å². The largest absolute Gasteiger partial charge is 0.493 e. The van der Waals surface area contributed by atoms with E-state index in [2.05, 4.69) is 5.32 Å². The maximum atomic E-state index is 12.4. The van der Waals surface area contributed by atoms with E-state index in [0.29, 0.717) is 23.6 Å². The van der Waals surface area contributed by atoms with E-state index in [1.165, 1.54) is 7.11 Å². The number of rotatable bonds is 8. The summed E-state index contributed by atoms with van der Waals surface area (Å²) in [6.45, 7) is 1.99. The van der Waals surface area contributed by atoms with Gasteiger partial charge in [0.25, 0.3) is 11.1 Å². The van der Waals surface area contributed by atoms with Gasteiger partial charge in [0, 0.05) is 6.54 Å². The van der Waals surface area contributed by atoms with Crippen LogP contribution in [0.25, 0.3) is 6.08 Å². The zero-order valence-electron chi connectivity index (χ0n) is 15.0. The molecule has 0 spiro atoms. The number of nitriles is 1. The van der Waals surface area contributed by atoms with E-state index in [-0.39, 0.29) is 24.0 Å². The lowest BCUT2D eigenvalue weighted by Crippen LogP contribution is -2.39. The molecule has 2 rings (SSSR count). The Hall–Kier alpha value is -2.99. The number of carbonyl (C=O) groups excluding carboxylic acids is 3. The molecule has 1 aliphatic heterocycles. The van der Waals surface area contributed by atoms with Gasteiger partial charge in [0.15, 0.2) is 18.1 Å². The number of hydrogen-bond donors (Lipinski definition) is 1. The molecule has 1 N–H and O–H groups in total. The van der Waals surface area contributed by atoms with E-state index >= 15 is 0 Å². The van der Waals surface area contributed by atoms with Crippen molar-refractivity contribution in [1.82, 2.24) is 10.2 Å². The summed E-state index contributed by atoms with van der Waals surface area (Å²) in [5, 5.41) is 10.7. The number of thioether (sulfide) groups is 1. The fraction of sp³-hybridized carbons (Fsp3) is 0.333. The average molecular weight is 389 g/mol. The van der Waals surface area contributed by atoms with Crippen LogP contribution < -0.4 is 14.8 Å². The standard InChI is InChI=1S/C18H19N3O5S/c1-3-7-20-16(22)11-21-17(23)15(27-18(21)24)10-12-4-5-13(26-8-6-19)14(9-12)25-2/h4-5,9-10H,3,7-8,11H2,1-2H3,(H,20,22)/b15-10-. The lowest BCUT2D eigenvalue weighted by Gasteiger charge is -2.12. The molecule has 1 heterocycles. The first-order valence-corrected chi connectivity index (χ1v) is 9.01. The summed E-state index contributed by atoms with van der Waals surface area (Å²) in [5.41, 5.74) is 0.622. The number of amides is 3. The van der Waals surface area contributed by atoms with Crippen molar-refractivity contribution in [3.8, 4) is 17.6 Å². The van der Waals surface area contributed by atoms with Crippen LogP contribution in [0.2, 0.25) is 0 Å². The molecule has 9 heteroatoms. The van der Waals surface area contributed by atoms with Gasteiger partial charge in [0.05, 0.1) is 12.0 Å². The van der Waals surface area contributed by atoms with Crippen molar-refractivity contribution < 1.29 is 23.9 Å².